The van der Waals surface area contributed by atoms with Gasteiger partial charge >= 0.3 is 0 Å². The Labute approximate surface area is 319 Å². The Morgan fingerprint density at radius 2 is 1.11 bits per heavy atom. The molecule has 0 radical (unpaired) electrons. The fraction of sp³-hybridized carbons (Fsp3) is 0.256. The van der Waals surface area contributed by atoms with Crippen LogP contribution in [0.25, 0.3) is 11.1 Å². The van der Waals surface area contributed by atoms with Crippen LogP contribution in [-0.4, -0.2) is 80.7 Å². The first-order valence-electron chi connectivity index (χ1n) is 18.2. The Hall–Kier alpha value is -6.40. The topological polar surface area (TPSA) is 138 Å². The molecule has 4 heterocycles. The van der Waals surface area contributed by atoms with Gasteiger partial charge in [-0.05, 0) is 52.1 Å². The molecule has 0 saturated carbocycles. The number of amides is 2. The number of carbonyl (C=O) groups is 2. The number of rotatable bonds is 12. The quantitative estimate of drug-likeness (QED) is 0.154. The van der Waals surface area contributed by atoms with E-state index in [4.69, 9.17) is 39.4 Å². The average Bonchev–Trinajstić information content (AvgIpc) is 3.80. The van der Waals surface area contributed by atoms with Crippen LogP contribution in [0.4, 0.5) is 11.4 Å². The first-order valence-corrected chi connectivity index (χ1v) is 18.2. The van der Waals surface area contributed by atoms with Gasteiger partial charge in [-0.3, -0.25) is 19.6 Å². The van der Waals surface area contributed by atoms with Gasteiger partial charge in [0, 0.05) is 62.8 Å². The van der Waals surface area contributed by atoms with E-state index in [2.05, 4.69) is 0 Å². The van der Waals surface area contributed by atoms with E-state index in [1.807, 2.05) is 73.4 Å². The van der Waals surface area contributed by atoms with Crippen LogP contribution in [-0.2, 0) is 6.54 Å². The molecular weight excluding hydrogens is 699 g/mol. The van der Waals surface area contributed by atoms with Crippen molar-refractivity contribution in [1.82, 2.24) is 9.80 Å². The van der Waals surface area contributed by atoms with Crippen LogP contribution >= 0.6 is 0 Å². The molecule has 280 valence electrons. The molecule has 1 unspecified atom stereocenters. The maximum atomic E-state index is 13.7. The summed E-state index contributed by atoms with van der Waals surface area (Å²) < 4.78 is 28.8. The van der Waals surface area contributed by atoms with E-state index >= 15 is 0 Å². The molecule has 4 aliphatic rings. The molecule has 0 saturated heterocycles. The fourth-order valence-electron chi connectivity index (χ4n) is 7.23. The number of hydrogen-bond acceptors (Lipinski definition) is 10. The second-order valence-corrected chi connectivity index (χ2v) is 13.6. The van der Waals surface area contributed by atoms with Crippen LogP contribution < -0.4 is 29.4 Å². The summed E-state index contributed by atoms with van der Waals surface area (Å²) in [5.74, 6) is 2.29. The predicted octanol–water partition coefficient (Wildman–Crippen LogP) is 6.96. The third-order valence-electron chi connectivity index (χ3n) is 10.3. The lowest BCUT2D eigenvalue weighted by Crippen LogP contribution is -2.32. The zero-order valence-electron chi connectivity index (χ0n) is 30.9. The van der Waals surface area contributed by atoms with Gasteiger partial charge in [-0.2, -0.15) is 0 Å². The number of nitrogens with zero attached hydrogens (tertiary/aromatic N) is 4. The van der Waals surface area contributed by atoms with Gasteiger partial charge < -0.3 is 39.2 Å². The Morgan fingerprint density at radius 1 is 0.636 bits per heavy atom. The Kier molecular flexibility index (Phi) is 9.81. The number of fused-ring (bicyclic) bond motifs is 4. The van der Waals surface area contributed by atoms with E-state index in [1.165, 1.54) is 0 Å². The number of carbonyl (C=O) groups excluding carboxylic acids is 2. The van der Waals surface area contributed by atoms with Crippen LogP contribution in [0.2, 0.25) is 0 Å². The largest absolute Gasteiger partial charge is 0.497 e. The summed E-state index contributed by atoms with van der Waals surface area (Å²) in [5, 5.41) is 0. The van der Waals surface area contributed by atoms with Gasteiger partial charge in [0.2, 0.25) is 0 Å². The minimum Gasteiger partial charge on any atom is -0.497 e. The molecule has 4 aromatic rings. The van der Waals surface area contributed by atoms with Gasteiger partial charge in [-0.1, -0.05) is 36.4 Å². The second kappa shape index (κ2) is 15.2. The lowest BCUT2D eigenvalue weighted by molar-refractivity contribution is 0.0809. The average molecular weight is 740 g/mol. The van der Waals surface area contributed by atoms with Crippen molar-refractivity contribution in [1.29, 1.82) is 0 Å². The van der Waals surface area contributed by atoms with Crippen molar-refractivity contribution in [3.63, 3.8) is 0 Å². The number of ether oxygens (including phenoxy) is 5. The summed E-state index contributed by atoms with van der Waals surface area (Å²) in [6.07, 6.45) is 9.27. The minimum absolute atomic E-state index is 0.153. The highest BCUT2D eigenvalue weighted by Gasteiger charge is 2.35. The van der Waals surface area contributed by atoms with Gasteiger partial charge in [0.05, 0.1) is 69.1 Å². The third-order valence-corrected chi connectivity index (χ3v) is 10.3. The number of methoxy groups -OCH3 is 3. The summed E-state index contributed by atoms with van der Waals surface area (Å²) >= 11 is 0. The Bertz CT molecular complexity index is 2100. The zero-order valence-corrected chi connectivity index (χ0v) is 30.9. The van der Waals surface area contributed by atoms with E-state index in [0.717, 1.165) is 33.6 Å². The normalized spacial score (nSPS) is 18.0. The number of aliphatic imine (C=N–C) groups is 2. The molecule has 2 amide bonds. The molecule has 12 heteroatoms. The fourth-order valence-corrected chi connectivity index (χ4v) is 7.23. The van der Waals surface area contributed by atoms with E-state index in [0.29, 0.717) is 84.5 Å². The van der Waals surface area contributed by atoms with E-state index in [9.17, 15) is 9.59 Å². The highest BCUT2D eigenvalue weighted by molar-refractivity contribution is 6.06. The van der Waals surface area contributed by atoms with Crippen molar-refractivity contribution in [2.75, 3.05) is 34.5 Å². The van der Waals surface area contributed by atoms with E-state index in [-0.39, 0.29) is 23.9 Å². The van der Waals surface area contributed by atoms with Crippen molar-refractivity contribution < 1.29 is 33.3 Å². The maximum Gasteiger partial charge on any atom is 0.260 e. The van der Waals surface area contributed by atoms with Gasteiger partial charge in [0.25, 0.3) is 11.8 Å². The van der Waals surface area contributed by atoms with Crippen LogP contribution in [0.3, 0.4) is 0 Å². The maximum absolute atomic E-state index is 13.7. The molecule has 0 aliphatic carbocycles. The van der Waals surface area contributed by atoms with Crippen molar-refractivity contribution in [2.45, 2.75) is 37.9 Å². The monoisotopic (exact) mass is 739 g/mol. The van der Waals surface area contributed by atoms with Crippen LogP contribution in [0.5, 0.6) is 28.7 Å². The minimum atomic E-state index is -0.203. The van der Waals surface area contributed by atoms with Crippen molar-refractivity contribution >= 4 is 46.8 Å². The van der Waals surface area contributed by atoms with Gasteiger partial charge in [0.1, 0.15) is 5.75 Å². The summed E-state index contributed by atoms with van der Waals surface area (Å²) in [7, 11) is 4.72. The number of hydrogen-bond donors (Lipinski definition) is 1. The second-order valence-electron chi connectivity index (χ2n) is 13.6. The molecule has 8 rings (SSSR count). The molecular formula is C43H41N5O7. The summed E-state index contributed by atoms with van der Waals surface area (Å²) in [6.45, 7) is 1.09. The Morgan fingerprint density at radius 3 is 1.55 bits per heavy atom. The van der Waals surface area contributed by atoms with Crippen LogP contribution in [0.1, 0.15) is 56.7 Å². The first-order chi connectivity index (χ1) is 26.9. The van der Waals surface area contributed by atoms with Gasteiger partial charge in [-0.25, -0.2) is 0 Å². The van der Waals surface area contributed by atoms with Crippen LogP contribution in [0, 0.1) is 0 Å². The lowest BCUT2D eigenvalue weighted by atomic mass is 10.0. The summed E-state index contributed by atoms with van der Waals surface area (Å²) in [5.41, 5.74) is 12.9. The lowest BCUT2D eigenvalue weighted by Gasteiger charge is -2.19. The molecule has 12 nitrogen and oxygen atoms in total. The molecule has 2 N–H and O–H groups in total. The van der Waals surface area contributed by atoms with Crippen molar-refractivity contribution in [3.05, 3.63) is 113 Å². The molecule has 0 spiro atoms. The van der Waals surface area contributed by atoms with Crippen molar-refractivity contribution in [3.8, 4) is 28.7 Å². The molecule has 4 aliphatic heterocycles. The molecule has 2 atom stereocenters. The predicted molar refractivity (Wildman–Crippen MR) is 210 cm³/mol. The highest BCUT2D eigenvalue weighted by Crippen LogP contribution is 2.42. The SMILES string of the molecule is COc1ccc(C2=CN3C(=O)c4cc(OC)c(OCCCOc5cc6c(cc5OC)C(=O)N5C=C(c7ccc(CN)cc7)C[C@H]5C=N6)cc4N=CC3C2)cc1. The van der Waals surface area contributed by atoms with Gasteiger partial charge in [0.15, 0.2) is 23.0 Å². The van der Waals surface area contributed by atoms with Crippen LogP contribution in [0.15, 0.2) is 95.2 Å². The Balaban J connectivity index is 0.906. The molecule has 55 heavy (non-hydrogen) atoms. The first kappa shape index (κ1) is 35.6. The molecule has 0 aromatic heterocycles. The molecule has 4 aromatic carbocycles. The molecule has 0 bridgehead atoms. The standard InChI is InChI=1S/C43H41N5O7/c1-51-33-11-9-28(10-12-33)30-16-32-23-46-37-20-41(39(53-3)18-35(37)43(50)48(32)25-30)55-14-4-13-54-40-19-36-34(17-38(40)52-2)42(49)47-24-29(15-31(47)22-45-36)27-7-5-26(21-44)6-8-27/h5-12,17-20,22-25,31-32H,4,13-16,21,44H2,1-3H3/t31-,32?/m0/s1. The van der Waals surface area contributed by atoms with E-state index in [1.54, 1.807) is 55.4 Å². The zero-order chi connectivity index (χ0) is 38.1. The number of nitrogens with two attached hydrogens (primary N) is 1. The third kappa shape index (κ3) is 6.92. The van der Waals surface area contributed by atoms with Gasteiger partial charge in [-0.15, -0.1) is 0 Å². The molecule has 0 fully saturated rings. The van der Waals surface area contributed by atoms with Crippen molar-refractivity contribution in [2.24, 2.45) is 15.7 Å². The summed E-state index contributed by atoms with van der Waals surface area (Å²) in [6, 6.07) is 22.4. The highest BCUT2D eigenvalue weighted by atomic mass is 16.5. The smallest absolute Gasteiger partial charge is 0.260 e. The number of benzene rings is 4. The summed E-state index contributed by atoms with van der Waals surface area (Å²) in [4.78, 5) is 40.4. The van der Waals surface area contributed by atoms with E-state index < -0.39 is 0 Å².